The van der Waals surface area contributed by atoms with Crippen LogP contribution in [0.1, 0.15) is 67.2 Å². The number of amides is 1. The maximum Gasteiger partial charge on any atom is 0.411 e. The van der Waals surface area contributed by atoms with E-state index >= 15 is 0 Å². The lowest BCUT2D eigenvalue weighted by atomic mass is 9.98. The summed E-state index contributed by atoms with van der Waals surface area (Å²) in [5.41, 5.74) is -1.15. The summed E-state index contributed by atoms with van der Waals surface area (Å²) in [5, 5.41) is 3.56. The Morgan fingerprint density at radius 2 is 1.46 bits per heavy atom. The Kier molecular flexibility index (Phi) is 5.47. The number of ether oxygens (including phenoxy) is 2. The lowest BCUT2D eigenvalue weighted by Gasteiger charge is -2.38. The topological polar surface area (TPSA) is 67.9 Å². The van der Waals surface area contributed by atoms with Gasteiger partial charge in [0.25, 0.3) is 0 Å². The van der Waals surface area contributed by atoms with Gasteiger partial charge < -0.3 is 14.8 Å². The molecule has 2 rings (SSSR count). The zero-order valence-corrected chi connectivity index (χ0v) is 15.8. The normalized spacial score (nSPS) is 26.8. The molecular formula is C18H32N2O4. The van der Waals surface area contributed by atoms with Crippen molar-refractivity contribution < 1.29 is 19.1 Å². The average molecular weight is 340 g/mol. The highest BCUT2D eigenvalue weighted by Crippen LogP contribution is 2.30. The molecule has 1 N–H and O–H groups in total. The van der Waals surface area contributed by atoms with Crippen molar-refractivity contribution in [3.05, 3.63) is 0 Å². The van der Waals surface area contributed by atoms with Crippen LogP contribution in [-0.4, -0.2) is 52.8 Å². The van der Waals surface area contributed by atoms with E-state index in [1.54, 1.807) is 4.90 Å². The summed E-state index contributed by atoms with van der Waals surface area (Å²) in [5.74, 6) is -0.390. The zero-order chi connectivity index (χ0) is 18.1. The Morgan fingerprint density at radius 1 is 0.958 bits per heavy atom. The Labute approximate surface area is 145 Å². The second kappa shape index (κ2) is 6.90. The summed E-state index contributed by atoms with van der Waals surface area (Å²) in [6, 6.07) is 0.876. The van der Waals surface area contributed by atoms with Gasteiger partial charge in [-0.05, 0) is 67.2 Å². The van der Waals surface area contributed by atoms with Gasteiger partial charge in [0.1, 0.15) is 17.7 Å². The number of carbonyl (C=O) groups is 2. The molecule has 6 nitrogen and oxygen atoms in total. The van der Waals surface area contributed by atoms with Gasteiger partial charge in [-0.2, -0.15) is 0 Å². The van der Waals surface area contributed by atoms with Gasteiger partial charge in [0.2, 0.25) is 0 Å². The summed E-state index contributed by atoms with van der Waals surface area (Å²) in [6.07, 6.45) is 3.56. The first-order valence-corrected chi connectivity index (χ1v) is 8.90. The maximum atomic E-state index is 12.7. The van der Waals surface area contributed by atoms with Crippen LogP contribution in [0.25, 0.3) is 0 Å². The molecule has 1 amide bonds. The number of hydrogen-bond donors (Lipinski definition) is 1. The van der Waals surface area contributed by atoms with Gasteiger partial charge in [0.15, 0.2) is 0 Å². The number of esters is 1. The molecule has 6 heteroatoms. The molecule has 0 aromatic carbocycles. The lowest BCUT2D eigenvalue weighted by Crippen LogP contribution is -2.53. The molecule has 0 radical (unpaired) electrons. The standard InChI is InChI=1S/C18H32N2O4/c1-17(2,3)23-15(21)11-20(16(22)24-18(4,5)6)14-9-12-7-8-13(10-14)19-12/h12-14,19H,7-11H2,1-6H3. The van der Waals surface area contributed by atoms with Gasteiger partial charge in [-0.3, -0.25) is 9.69 Å². The Balaban J connectivity index is 2.09. The highest BCUT2D eigenvalue weighted by molar-refractivity contribution is 5.78. The van der Waals surface area contributed by atoms with Crippen molar-refractivity contribution >= 4 is 12.1 Å². The van der Waals surface area contributed by atoms with Crippen molar-refractivity contribution in [1.29, 1.82) is 0 Å². The van der Waals surface area contributed by atoms with E-state index in [4.69, 9.17) is 9.47 Å². The molecule has 0 saturated carbocycles. The van der Waals surface area contributed by atoms with Crippen LogP contribution in [0.5, 0.6) is 0 Å². The summed E-state index contributed by atoms with van der Waals surface area (Å²) in [6.45, 7) is 10.9. The number of carbonyl (C=O) groups excluding carboxylic acids is 2. The first-order chi connectivity index (χ1) is 10.9. The van der Waals surface area contributed by atoms with Crippen LogP contribution in [0.3, 0.4) is 0 Å². The van der Waals surface area contributed by atoms with Crippen LogP contribution in [0.15, 0.2) is 0 Å². The molecule has 0 aromatic rings. The first kappa shape index (κ1) is 19.0. The minimum Gasteiger partial charge on any atom is -0.459 e. The Bertz CT molecular complexity index is 466. The van der Waals surface area contributed by atoms with Crippen LogP contribution in [0.4, 0.5) is 4.79 Å². The fraction of sp³-hybridized carbons (Fsp3) is 0.889. The van der Waals surface area contributed by atoms with Crippen LogP contribution in [0, 0.1) is 0 Å². The predicted octanol–water partition coefficient (Wildman–Crippen LogP) is 2.85. The molecule has 138 valence electrons. The molecule has 0 spiro atoms. The summed E-state index contributed by atoms with van der Waals surface area (Å²) < 4.78 is 10.9. The van der Waals surface area contributed by atoms with Crippen molar-refractivity contribution in [2.75, 3.05) is 6.54 Å². The van der Waals surface area contributed by atoms with Crippen molar-refractivity contribution in [2.45, 2.75) is 96.6 Å². The maximum absolute atomic E-state index is 12.7. The molecule has 2 bridgehead atoms. The van der Waals surface area contributed by atoms with Crippen molar-refractivity contribution in [1.82, 2.24) is 10.2 Å². The van der Waals surface area contributed by atoms with E-state index in [-0.39, 0.29) is 18.6 Å². The van der Waals surface area contributed by atoms with E-state index in [2.05, 4.69) is 5.32 Å². The SMILES string of the molecule is CC(C)(C)OC(=O)CN(C(=O)OC(C)(C)C)C1CC2CCC(C1)N2. The highest BCUT2D eigenvalue weighted by Gasteiger charge is 2.40. The minimum absolute atomic E-state index is 0.0196. The van der Waals surface area contributed by atoms with Gasteiger partial charge in [-0.15, -0.1) is 0 Å². The van der Waals surface area contributed by atoms with E-state index in [9.17, 15) is 9.59 Å². The van der Waals surface area contributed by atoms with E-state index in [1.807, 2.05) is 41.5 Å². The Hall–Kier alpha value is -1.30. The molecule has 2 aliphatic heterocycles. The molecule has 2 saturated heterocycles. The number of fused-ring (bicyclic) bond motifs is 2. The third-order valence-corrected chi connectivity index (χ3v) is 4.24. The van der Waals surface area contributed by atoms with Crippen LogP contribution < -0.4 is 5.32 Å². The molecule has 2 unspecified atom stereocenters. The zero-order valence-electron chi connectivity index (χ0n) is 15.8. The smallest absolute Gasteiger partial charge is 0.411 e. The predicted molar refractivity (Wildman–Crippen MR) is 91.8 cm³/mol. The van der Waals surface area contributed by atoms with Crippen molar-refractivity contribution in [3.63, 3.8) is 0 Å². The first-order valence-electron chi connectivity index (χ1n) is 8.90. The van der Waals surface area contributed by atoms with E-state index in [1.165, 1.54) is 0 Å². The fourth-order valence-corrected chi connectivity index (χ4v) is 3.46. The summed E-state index contributed by atoms with van der Waals surface area (Å²) in [7, 11) is 0. The van der Waals surface area contributed by atoms with Gasteiger partial charge in [0.05, 0.1) is 0 Å². The molecule has 2 atom stereocenters. The quantitative estimate of drug-likeness (QED) is 0.800. The fourth-order valence-electron chi connectivity index (χ4n) is 3.46. The molecular weight excluding hydrogens is 308 g/mol. The number of piperidine rings is 1. The third kappa shape index (κ3) is 5.65. The van der Waals surface area contributed by atoms with Crippen molar-refractivity contribution in [2.24, 2.45) is 0 Å². The third-order valence-electron chi connectivity index (χ3n) is 4.24. The average Bonchev–Trinajstić information content (AvgIpc) is 2.70. The molecule has 2 aliphatic rings. The number of rotatable bonds is 3. The van der Waals surface area contributed by atoms with Gasteiger partial charge >= 0.3 is 12.1 Å². The van der Waals surface area contributed by atoms with Crippen molar-refractivity contribution in [3.8, 4) is 0 Å². The van der Waals surface area contributed by atoms with Crippen LogP contribution in [-0.2, 0) is 14.3 Å². The minimum atomic E-state index is -0.588. The van der Waals surface area contributed by atoms with E-state index in [0.29, 0.717) is 12.1 Å². The van der Waals surface area contributed by atoms with Gasteiger partial charge in [-0.25, -0.2) is 4.79 Å². The van der Waals surface area contributed by atoms with Gasteiger partial charge in [0, 0.05) is 18.1 Å². The Morgan fingerprint density at radius 3 is 1.92 bits per heavy atom. The molecule has 2 heterocycles. The molecule has 24 heavy (non-hydrogen) atoms. The molecule has 2 fully saturated rings. The molecule has 0 aromatic heterocycles. The van der Waals surface area contributed by atoms with E-state index in [0.717, 1.165) is 25.7 Å². The van der Waals surface area contributed by atoms with E-state index < -0.39 is 17.3 Å². The van der Waals surface area contributed by atoms with Crippen LogP contribution in [0.2, 0.25) is 0 Å². The molecule has 0 aliphatic carbocycles. The lowest BCUT2D eigenvalue weighted by molar-refractivity contribution is -0.156. The number of nitrogens with zero attached hydrogens (tertiary/aromatic N) is 1. The number of hydrogen-bond acceptors (Lipinski definition) is 5. The highest BCUT2D eigenvalue weighted by atomic mass is 16.6. The monoisotopic (exact) mass is 340 g/mol. The van der Waals surface area contributed by atoms with Crippen LogP contribution >= 0.6 is 0 Å². The second-order valence-corrected chi connectivity index (χ2v) is 8.96. The summed E-state index contributed by atoms with van der Waals surface area (Å²) in [4.78, 5) is 26.5. The van der Waals surface area contributed by atoms with Gasteiger partial charge in [-0.1, -0.05) is 0 Å². The number of nitrogens with one attached hydrogen (secondary N) is 1. The second-order valence-electron chi connectivity index (χ2n) is 8.96. The largest absolute Gasteiger partial charge is 0.459 e. The summed E-state index contributed by atoms with van der Waals surface area (Å²) >= 11 is 0.